The fourth-order valence-electron chi connectivity index (χ4n) is 1.34. The smallest absolute Gasteiger partial charge is 0.336 e. The monoisotopic (exact) mass is 216 g/mol. The normalized spacial score (nSPS) is 11.5. The van der Waals surface area contributed by atoms with E-state index in [1.807, 2.05) is 0 Å². The first-order valence-electron chi connectivity index (χ1n) is 5.72. The molecule has 0 fully saturated rings. The van der Waals surface area contributed by atoms with Crippen molar-refractivity contribution >= 4 is 5.97 Å². The highest BCUT2D eigenvalue weighted by atomic mass is 19.1. The van der Waals surface area contributed by atoms with Crippen LogP contribution in [0.15, 0.2) is 11.9 Å². The van der Waals surface area contributed by atoms with Crippen LogP contribution in [0.3, 0.4) is 0 Å². The molecule has 0 bridgehead atoms. The summed E-state index contributed by atoms with van der Waals surface area (Å²) in [5.74, 6) is -0.518. The van der Waals surface area contributed by atoms with Gasteiger partial charge in [0.25, 0.3) is 0 Å². The first-order chi connectivity index (χ1) is 7.26. The number of unbranched alkanes of at least 4 members (excludes halogenated alkanes) is 4. The number of hydrogen-bond donors (Lipinski definition) is 0. The van der Waals surface area contributed by atoms with E-state index in [4.69, 9.17) is 4.74 Å². The largest absolute Gasteiger partial charge is 0.463 e. The Kier molecular flexibility index (Phi) is 9.13. The molecule has 0 aromatic heterocycles. The number of hydrogen-bond acceptors (Lipinski definition) is 2. The molecule has 2 nitrogen and oxygen atoms in total. The Morgan fingerprint density at radius 2 is 1.87 bits per heavy atom. The van der Waals surface area contributed by atoms with Crippen LogP contribution in [0.4, 0.5) is 4.39 Å². The molecule has 0 rings (SSSR count). The molecule has 0 saturated carbocycles. The third kappa shape index (κ3) is 7.11. The summed E-state index contributed by atoms with van der Waals surface area (Å²) in [6, 6.07) is 0. The number of ether oxygens (including phenoxy) is 1. The maximum atomic E-state index is 12.3. The minimum absolute atomic E-state index is 0.161. The lowest BCUT2D eigenvalue weighted by atomic mass is 10.1. The molecule has 0 amide bonds. The average Bonchev–Trinajstić information content (AvgIpc) is 2.23. The van der Waals surface area contributed by atoms with E-state index in [-0.39, 0.29) is 5.57 Å². The number of rotatable bonds is 8. The van der Waals surface area contributed by atoms with E-state index in [1.165, 1.54) is 12.8 Å². The molecule has 0 aromatic rings. The van der Waals surface area contributed by atoms with Crippen molar-refractivity contribution in [1.29, 1.82) is 0 Å². The predicted octanol–water partition coefficient (Wildman–Crippen LogP) is 3.76. The van der Waals surface area contributed by atoms with E-state index < -0.39 is 5.97 Å². The van der Waals surface area contributed by atoms with Crippen LogP contribution < -0.4 is 0 Å². The zero-order valence-electron chi connectivity index (χ0n) is 9.72. The van der Waals surface area contributed by atoms with Gasteiger partial charge in [0.2, 0.25) is 0 Å². The van der Waals surface area contributed by atoms with E-state index >= 15 is 0 Å². The molecule has 0 spiro atoms. The van der Waals surface area contributed by atoms with E-state index in [2.05, 4.69) is 6.92 Å². The summed E-state index contributed by atoms with van der Waals surface area (Å²) >= 11 is 0. The number of carbonyl (C=O) groups is 1. The van der Waals surface area contributed by atoms with Gasteiger partial charge in [0, 0.05) is 0 Å². The molecule has 0 aliphatic rings. The van der Waals surface area contributed by atoms with Gasteiger partial charge >= 0.3 is 5.97 Å². The van der Waals surface area contributed by atoms with Crippen LogP contribution in [0.1, 0.15) is 52.4 Å². The predicted molar refractivity (Wildman–Crippen MR) is 59.2 cm³/mol. The van der Waals surface area contributed by atoms with Gasteiger partial charge in [-0.05, 0) is 19.8 Å². The molecule has 0 aliphatic heterocycles. The summed E-state index contributed by atoms with van der Waals surface area (Å²) in [6.07, 6.45) is 6.30. The van der Waals surface area contributed by atoms with Gasteiger partial charge in [-0.2, -0.15) is 0 Å². The van der Waals surface area contributed by atoms with E-state index in [0.717, 1.165) is 19.3 Å². The zero-order valence-corrected chi connectivity index (χ0v) is 9.72. The van der Waals surface area contributed by atoms with Crippen molar-refractivity contribution in [3.05, 3.63) is 11.9 Å². The van der Waals surface area contributed by atoms with E-state index in [1.54, 1.807) is 6.92 Å². The molecule has 0 atom stereocenters. The topological polar surface area (TPSA) is 26.3 Å². The highest BCUT2D eigenvalue weighted by Gasteiger charge is 2.09. The van der Waals surface area contributed by atoms with E-state index in [9.17, 15) is 9.18 Å². The molecule has 15 heavy (non-hydrogen) atoms. The summed E-state index contributed by atoms with van der Waals surface area (Å²) in [5, 5.41) is 0. The Hall–Kier alpha value is -0.860. The van der Waals surface area contributed by atoms with Crippen LogP contribution in [-0.4, -0.2) is 12.6 Å². The molecule has 0 heterocycles. The third-order valence-electron chi connectivity index (χ3n) is 2.22. The fourth-order valence-corrected chi connectivity index (χ4v) is 1.34. The Balaban J connectivity index is 3.67. The average molecular weight is 216 g/mol. The van der Waals surface area contributed by atoms with Gasteiger partial charge in [0.05, 0.1) is 18.5 Å². The minimum atomic E-state index is -0.518. The number of carbonyl (C=O) groups excluding carboxylic acids is 1. The quantitative estimate of drug-likeness (QED) is 0.351. The summed E-state index contributed by atoms with van der Waals surface area (Å²) in [7, 11) is 0. The van der Waals surface area contributed by atoms with Crippen LogP contribution in [0.2, 0.25) is 0 Å². The molecule has 0 N–H and O–H groups in total. The lowest BCUT2D eigenvalue weighted by Gasteiger charge is -2.04. The van der Waals surface area contributed by atoms with Crippen molar-refractivity contribution in [1.82, 2.24) is 0 Å². The van der Waals surface area contributed by atoms with Crippen LogP contribution in [0.25, 0.3) is 0 Å². The lowest BCUT2D eigenvalue weighted by Crippen LogP contribution is -2.07. The molecule has 0 radical (unpaired) electrons. The van der Waals surface area contributed by atoms with Gasteiger partial charge in [0.1, 0.15) is 0 Å². The second-order valence-corrected chi connectivity index (χ2v) is 3.52. The van der Waals surface area contributed by atoms with Crippen LogP contribution in [-0.2, 0) is 9.53 Å². The summed E-state index contributed by atoms with van der Waals surface area (Å²) in [4.78, 5) is 11.2. The number of esters is 1. The Labute approximate surface area is 91.5 Å². The van der Waals surface area contributed by atoms with Crippen molar-refractivity contribution in [3.8, 4) is 0 Å². The Bertz CT molecular complexity index is 200. The Morgan fingerprint density at radius 1 is 1.20 bits per heavy atom. The summed E-state index contributed by atoms with van der Waals surface area (Å²) < 4.78 is 17.1. The van der Waals surface area contributed by atoms with Crippen LogP contribution in [0, 0.1) is 0 Å². The molecule has 3 heteroatoms. The van der Waals surface area contributed by atoms with Crippen LogP contribution >= 0.6 is 0 Å². The molecular formula is C12H21FO2. The van der Waals surface area contributed by atoms with Gasteiger partial charge < -0.3 is 4.74 Å². The van der Waals surface area contributed by atoms with E-state index in [0.29, 0.717) is 19.4 Å². The maximum absolute atomic E-state index is 12.3. The highest BCUT2D eigenvalue weighted by Crippen LogP contribution is 2.12. The summed E-state index contributed by atoms with van der Waals surface area (Å²) in [6.45, 7) is 4.16. The van der Waals surface area contributed by atoms with Crippen molar-refractivity contribution in [2.75, 3.05) is 6.61 Å². The van der Waals surface area contributed by atoms with Gasteiger partial charge in [-0.15, -0.1) is 0 Å². The molecule has 88 valence electrons. The van der Waals surface area contributed by atoms with Crippen molar-refractivity contribution < 1.29 is 13.9 Å². The molecular weight excluding hydrogens is 195 g/mol. The zero-order chi connectivity index (χ0) is 11.5. The van der Waals surface area contributed by atoms with Gasteiger partial charge in [-0.1, -0.05) is 32.6 Å². The SMILES string of the molecule is CCCCCCCC(=CF)C(=O)OCC. The maximum Gasteiger partial charge on any atom is 0.336 e. The van der Waals surface area contributed by atoms with Crippen molar-refractivity contribution in [3.63, 3.8) is 0 Å². The summed E-state index contributed by atoms with van der Waals surface area (Å²) in [5.41, 5.74) is 0.161. The molecule has 0 unspecified atom stereocenters. The van der Waals surface area contributed by atoms with Gasteiger partial charge in [-0.25, -0.2) is 9.18 Å². The van der Waals surface area contributed by atoms with Gasteiger partial charge in [0.15, 0.2) is 0 Å². The first kappa shape index (κ1) is 14.1. The standard InChI is InChI=1S/C12H21FO2/c1-3-5-6-7-8-9-11(10-13)12(14)15-4-2/h10H,3-9H2,1-2H3. The number of halogens is 1. The fraction of sp³-hybridized carbons (Fsp3) is 0.750. The van der Waals surface area contributed by atoms with Crippen LogP contribution in [0.5, 0.6) is 0 Å². The second-order valence-electron chi connectivity index (χ2n) is 3.52. The molecule has 0 aromatic carbocycles. The molecule has 0 saturated heterocycles. The Morgan fingerprint density at radius 3 is 2.40 bits per heavy atom. The molecule has 0 aliphatic carbocycles. The second kappa shape index (κ2) is 9.69. The lowest BCUT2D eigenvalue weighted by molar-refractivity contribution is -0.138. The highest BCUT2D eigenvalue weighted by molar-refractivity contribution is 5.88. The van der Waals surface area contributed by atoms with Gasteiger partial charge in [-0.3, -0.25) is 0 Å². The van der Waals surface area contributed by atoms with Crippen molar-refractivity contribution in [2.45, 2.75) is 52.4 Å². The first-order valence-corrected chi connectivity index (χ1v) is 5.72. The minimum Gasteiger partial charge on any atom is -0.463 e. The third-order valence-corrected chi connectivity index (χ3v) is 2.22. The van der Waals surface area contributed by atoms with Crippen molar-refractivity contribution in [2.24, 2.45) is 0 Å².